The minimum atomic E-state index is -0.669. The number of nitrogens with zero attached hydrogens (tertiary/aromatic N) is 1. The van der Waals surface area contributed by atoms with Crippen molar-refractivity contribution in [3.05, 3.63) is 64.3 Å². The molecule has 0 amide bonds. The quantitative estimate of drug-likeness (QED) is 0.716. The summed E-state index contributed by atoms with van der Waals surface area (Å²) in [6, 6.07) is 11.5. The van der Waals surface area contributed by atoms with Crippen LogP contribution in [0.1, 0.15) is 17.2 Å². The molecule has 90 valence electrons. The Morgan fingerprint density at radius 1 is 1.17 bits per heavy atom. The zero-order valence-corrected chi connectivity index (χ0v) is 10.9. The lowest BCUT2D eigenvalue weighted by Crippen LogP contribution is -2.00. The average molecular weight is 276 g/mol. The van der Waals surface area contributed by atoms with E-state index in [1.54, 1.807) is 29.7 Å². The number of aromatic nitrogens is 1. The highest BCUT2D eigenvalue weighted by atomic mass is 35.5. The standard InChI is InChI=1S/C14H10ClNOS/c15-12-5-4-10(8-16-12)13(17)11-3-1-2-9-6-7-18-14(9)11/h1-8,13,17H. The maximum Gasteiger partial charge on any atom is 0.129 e. The Labute approximate surface area is 113 Å². The van der Waals surface area contributed by atoms with Gasteiger partial charge in [-0.2, -0.15) is 0 Å². The van der Waals surface area contributed by atoms with E-state index in [1.165, 1.54) is 0 Å². The van der Waals surface area contributed by atoms with Gasteiger partial charge < -0.3 is 5.11 Å². The van der Waals surface area contributed by atoms with Gasteiger partial charge in [-0.3, -0.25) is 0 Å². The van der Waals surface area contributed by atoms with Gasteiger partial charge in [-0.05, 0) is 22.9 Å². The predicted octanol–water partition coefficient (Wildman–Crippen LogP) is 4.03. The molecule has 18 heavy (non-hydrogen) atoms. The van der Waals surface area contributed by atoms with E-state index in [-0.39, 0.29) is 0 Å². The van der Waals surface area contributed by atoms with E-state index in [1.807, 2.05) is 23.6 Å². The number of hydrogen-bond donors (Lipinski definition) is 1. The molecule has 4 heteroatoms. The number of aliphatic hydroxyl groups excluding tert-OH is 1. The van der Waals surface area contributed by atoms with E-state index < -0.39 is 6.10 Å². The van der Waals surface area contributed by atoms with E-state index in [0.717, 1.165) is 21.2 Å². The van der Waals surface area contributed by atoms with Crippen LogP contribution in [0.15, 0.2) is 48.0 Å². The number of rotatable bonds is 2. The zero-order chi connectivity index (χ0) is 12.5. The lowest BCUT2D eigenvalue weighted by atomic mass is 10.0. The molecule has 1 atom stereocenters. The van der Waals surface area contributed by atoms with Gasteiger partial charge in [0, 0.05) is 22.0 Å². The molecule has 1 N–H and O–H groups in total. The van der Waals surface area contributed by atoms with Crippen LogP contribution in [-0.2, 0) is 0 Å². The minimum Gasteiger partial charge on any atom is -0.384 e. The van der Waals surface area contributed by atoms with Crippen LogP contribution in [0.3, 0.4) is 0 Å². The third-order valence-corrected chi connectivity index (χ3v) is 4.07. The summed E-state index contributed by atoms with van der Waals surface area (Å²) in [5.41, 5.74) is 1.66. The molecule has 1 unspecified atom stereocenters. The summed E-state index contributed by atoms with van der Waals surface area (Å²) in [6.07, 6.45) is 0.941. The number of pyridine rings is 1. The van der Waals surface area contributed by atoms with Gasteiger partial charge in [0.15, 0.2) is 0 Å². The van der Waals surface area contributed by atoms with Gasteiger partial charge in [-0.25, -0.2) is 4.98 Å². The third-order valence-electron chi connectivity index (χ3n) is 2.87. The number of fused-ring (bicyclic) bond motifs is 1. The molecule has 3 aromatic rings. The fourth-order valence-electron chi connectivity index (χ4n) is 1.96. The first kappa shape index (κ1) is 11.7. The lowest BCUT2D eigenvalue weighted by Gasteiger charge is -2.12. The van der Waals surface area contributed by atoms with Crippen LogP contribution in [0.2, 0.25) is 5.15 Å². The van der Waals surface area contributed by atoms with Crippen LogP contribution in [-0.4, -0.2) is 10.1 Å². The highest BCUT2D eigenvalue weighted by molar-refractivity contribution is 7.17. The number of halogens is 1. The number of thiophene rings is 1. The fraction of sp³-hybridized carbons (Fsp3) is 0.0714. The molecule has 0 saturated heterocycles. The summed E-state index contributed by atoms with van der Waals surface area (Å²) in [4.78, 5) is 4.00. The van der Waals surface area contributed by atoms with Gasteiger partial charge in [-0.1, -0.05) is 35.9 Å². The van der Waals surface area contributed by atoms with Crippen LogP contribution in [0.4, 0.5) is 0 Å². The summed E-state index contributed by atoms with van der Waals surface area (Å²) < 4.78 is 1.11. The first-order chi connectivity index (χ1) is 8.75. The largest absolute Gasteiger partial charge is 0.384 e. The van der Waals surface area contributed by atoms with E-state index in [4.69, 9.17) is 11.6 Å². The molecule has 1 aromatic carbocycles. The van der Waals surface area contributed by atoms with Crippen LogP contribution in [0.25, 0.3) is 10.1 Å². The fourth-order valence-corrected chi connectivity index (χ4v) is 3.01. The van der Waals surface area contributed by atoms with Crippen molar-refractivity contribution in [1.29, 1.82) is 0 Å². The Morgan fingerprint density at radius 3 is 2.83 bits per heavy atom. The molecular formula is C14H10ClNOS. The maximum absolute atomic E-state index is 10.4. The number of benzene rings is 1. The summed E-state index contributed by atoms with van der Waals surface area (Å²) in [6.45, 7) is 0. The molecule has 0 fully saturated rings. The van der Waals surface area contributed by atoms with Crippen molar-refractivity contribution >= 4 is 33.0 Å². The SMILES string of the molecule is OC(c1ccc(Cl)nc1)c1cccc2ccsc12. The molecule has 2 nitrogen and oxygen atoms in total. The van der Waals surface area contributed by atoms with E-state index >= 15 is 0 Å². The van der Waals surface area contributed by atoms with Crippen molar-refractivity contribution in [2.45, 2.75) is 6.10 Å². The summed E-state index contributed by atoms with van der Waals surface area (Å²) in [5, 5.41) is 14.0. The molecule has 2 heterocycles. The summed E-state index contributed by atoms with van der Waals surface area (Å²) >= 11 is 7.38. The van der Waals surface area contributed by atoms with Crippen LogP contribution in [0.5, 0.6) is 0 Å². The zero-order valence-electron chi connectivity index (χ0n) is 9.38. The average Bonchev–Trinajstić information content (AvgIpc) is 2.87. The van der Waals surface area contributed by atoms with E-state index in [0.29, 0.717) is 5.15 Å². The van der Waals surface area contributed by atoms with Gasteiger partial charge in [0.2, 0.25) is 0 Å². The Morgan fingerprint density at radius 2 is 2.06 bits per heavy atom. The van der Waals surface area contributed by atoms with Crippen LogP contribution < -0.4 is 0 Å². The number of aliphatic hydroxyl groups is 1. The summed E-state index contributed by atoms with van der Waals surface area (Å²) in [5.74, 6) is 0. The minimum absolute atomic E-state index is 0.431. The van der Waals surface area contributed by atoms with Gasteiger partial charge in [-0.15, -0.1) is 11.3 Å². The van der Waals surface area contributed by atoms with Gasteiger partial charge >= 0.3 is 0 Å². The van der Waals surface area contributed by atoms with Crippen molar-refractivity contribution < 1.29 is 5.11 Å². The second-order valence-electron chi connectivity index (χ2n) is 4.00. The molecule has 2 aromatic heterocycles. The highest BCUT2D eigenvalue weighted by Crippen LogP contribution is 2.32. The summed E-state index contributed by atoms with van der Waals surface area (Å²) in [7, 11) is 0. The van der Waals surface area contributed by atoms with Gasteiger partial charge in [0.25, 0.3) is 0 Å². The topological polar surface area (TPSA) is 33.1 Å². The van der Waals surface area contributed by atoms with Crippen molar-refractivity contribution in [3.8, 4) is 0 Å². The van der Waals surface area contributed by atoms with Crippen LogP contribution >= 0.6 is 22.9 Å². The van der Waals surface area contributed by atoms with Crippen molar-refractivity contribution in [2.75, 3.05) is 0 Å². The molecule has 0 saturated carbocycles. The van der Waals surface area contributed by atoms with Crippen molar-refractivity contribution in [3.63, 3.8) is 0 Å². The van der Waals surface area contributed by atoms with Gasteiger partial charge in [0.1, 0.15) is 11.3 Å². The molecule has 0 aliphatic rings. The smallest absolute Gasteiger partial charge is 0.129 e. The molecule has 0 aliphatic carbocycles. The second-order valence-corrected chi connectivity index (χ2v) is 5.31. The second kappa shape index (κ2) is 4.69. The Kier molecular flexibility index (Phi) is 3.04. The van der Waals surface area contributed by atoms with Crippen molar-refractivity contribution in [2.24, 2.45) is 0 Å². The molecule has 3 rings (SSSR count). The van der Waals surface area contributed by atoms with E-state index in [2.05, 4.69) is 11.1 Å². The predicted molar refractivity (Wildman–Crippen MR) is 75.1 cm³/mol. The molecule has 0 radical (unpaired) electrons. The van der Waals surface area contributed by atoms with Crippen LogP contribution in [0, 0.1) is 0 Å². The molecule has 0 aliphatic heterocycles. The van der Waals surface area contributed by atoms with E-state index in [9.17, 15) is 5.11 Å². The first-order valence-corrected chi connectivity index (χ1v) is 6.77. The molecule has 0 spiro atoms. The Hall–Kier alpha value is -1.42. The number of hydrogen-bond acceptors (Lipinski definition) is 3. The third kappa shape index (κ3) is 2.01. The van der Waals surface area contributed by atoms with Gasteiger partial charge in [0.05, 0.1) is 0 Å². The molecular weight excluding hydrogens is 266 g/mol. The highest BCUT2D eigenvalue weighted by Gasteiger charge is 2.14. The Balaban J connectivity index is 2.08. The monoisotopic (exact) mass is 275 g/mol. The lowest BCUT2D eigenvalue weighted by molar-refractivity contribution is 0.221. The first-order valence-electron chi connectivity index (χ1n) is 5.51. The normalized spacial score (nSPS) is 12.8. The van der Waals surface area contributed by atoms with Crippen molar-refractivity contribution in [1.82, 2.24) is 4.98 Å². The maximum atomic E-state index is 10.4. The molecule has 0 bridgehead atoms. The Bertz CT molecular complexity index is 678.